The third kappa shape index (κ3) is 6.05. The summed E-state index contributed by atoms with van der Waals surface area (Å²) in [7, 11) is 3.03. The van der Waals surface area contributed by atoms with Gasteiger partial charge in [-0.15, -0.1) is 11.3 Å². The van der Waals surface area contributed by atoms with Gasteiger partial charge in [0.05, 0.1) is 46.4 Å². The quantitative estimate of drug-likeness (QED) is 0.239. The molecule has 2 atom stereocenters. The molecule has 0 aliphatic carbocycles. The summed E-state index contributed by atoms with van der Waals surface area (Å²) < 4.78 is 32.3. The first-order valence-corrected chi connectivity index (χ1v) is 13.7. The minimum absolute atomic E-state index is 0.00803. The monoisotopic (exact) mass is 590 g/mol. The highest BCUT2D eigenvalue weighted by Gasteiger charge is 2.22. The number of amides is 2. The van der Waals surface area contributed by atoms with Gasteiger partial charge in [-0.2, -0.15) is 0 Å². The molecule has 13 heteroatoms. The van der Waals surface area contributed by atoms with Gasteiger partial charge in [0, 0.05) is 24.7 Å². The molecular weight excluding hydrogens is 563 g/mol. The van der Waals surface area contributed by atoms with E-state index in [4.69, 9.17) is 14.2 Å². The Morgan fingerprint density at radius 1 is 1.00 bits per heavy atom. The third-order valence-electron chi connectivity index (χ3n) is 6.39. The molecule has 5 rings (SSSR count). The van der Waals surface area contributed by atoms with E-state index in [1.54, 1.807) is 26.1 Å². The van der Waals surface area contributed by atoms with E-state index in [9.17, 15) is 9.59 Å². The van der Waals surface area contributed by atoms with Gasteiger partial charge in [0.1, 0.15) is 22.9 Å². The number of hydrogen-bond donors (Lipinski definition) is 2. The Morgan fingerprint density at radius 2 is 1.81 bits per heavy atom. The number of aryl methyl sites for hydroxylation is 1. The smallest absolute Gasteiger partial charge is 0.412 e. The molecule has 2 aromatic carbocycles. The van der Waals surface area contributed by atoms with Crippen molar-refractivity contribution in [1.82, 2.24) is 25.3 Å². The van der Waals surface area contributed by atoms with Gasteiger partial charge in [-0.05, 0) is 50.6 Å². The highest BCUT2D eigenvalue weighted by Crippen LogP contribution is 2.37. The lowest BCUT2D eigenvalue weighted by molar-refractivity contribution is 0.0402. The number of halogens is 1. The molecule has 3 heterocycles. The van der Waals surface area contributed by atoms with E-state index < -0.39 is 24.1 Å². The molecule has 11 nitrogen and oxygen atoms in total. The molecule has 0 saturated heterocycles. The largest absolute Gasteiger partial charge is 0.484 e. The standard InChI is InChI=1S/C29H27FN6O5S/c1-14-8-18(26-22(9-14)35-25(39-5)13-33-26)28-36-21-10-19(30)23(11-24(21)42-28)40-15(2)16(3)41-29(38)34-17-6-7-20(32-12-17)27(37)31-4/h6-13,15-16H,1-5H3,(H,31,37)(H,34,38)/t15-,16+/m0/s1. The van der Waals surface area contributed by atoms with E-state index in [1.165, 1.54) is 49.9 Å². The van der Waals surface area contributed by atoms with Crippen molar-refractivity contribution in [1.29, 1.82) is 0 Å². The van der Waals surface area contributed by atoms with E-state index in [2.05, 4.69) is 30.6 Å². The second kappa shape index (κ2) is 11.9. The zero-order chi connectivity index (χ0) is 30.0. The van der Waals surface area contributed by atoms with E-state index in [1.807, 2.05) is 19.1 Å². The first-order chi connectivity index (χ1) is 20.1. The number of fused-ring (bicyclic) bond motifs is 2. The number of nitrogens with zero attached hydrogens (tertiary/aromatic N) is 4. The van der Waals surface area contributed by atoms with Crippen LogP contribution < -0.4 is 20.1 Å². The van der Waals surface area contributed by atoms with Gasteiger partial charge in [0.25, 0.3) is 5.91 Å². The van der Waals surface area contributed by atoms with Gasteiger partial charge >= 0.3 is 6.09 Å². The molecule has 42 heavy (non-hydrogen) atoms. The first-order valence-electron chi connectivity index (χ1n) is 12.9. The van der Waals surface area contributed by atoms with Crippen LogP contribution in [-0.4, -0.2) is 58.3 Å². The zero-order valence-electron chi connectivity index (χ0n) is 23.4. The lowest BCUT2D eigenvalue weighted by atomic mass is 10.1. The molecule has 0 radical (unpaired) electrons. The third-order valence-corrected chi connectivity index (χ3v) is 7.44. The lowest BCUT2D eigenvalue weighted by Gasteiger charge is -2.22. The van der Waals surface area contributed by atoms with Crippen molar-refractivity contribution in [3.8, 4) is 22.2 Å². The van der Waals surface area contributed by atoms with Crippen LogP contribution in [0.15, 0.2) is 48.8 Å². The average molecular weight is 591 g/mol. The number of carbonyl (C=O) groups excluding carboxylic acids is 2. The van der Waals surface area contributed by atoms with Gasteiger partial charge < -0.3 is 19.5 Å². The summed E-state index contributed by atoms with van der Waals surface area (Å²) in [5.74, 6) is -0.523. The predicted octanol–water partition coefficient (Wildman–Crippen LogP) is 5.52. The zero-order valence-corrected chi connectivity index (χ0v) is 24.2. The number of pyridine rings is 1. The molecule has 2 amide bonds. The number of aromatic nitrogens is 4. The molecule has 0 spiro atoms. The van der Waals surface area contributed by atoms with Gasteiger partial charge in [-0.1, -0.05) is 0 Å². The van der Waals surface area contributed by atoms with Crippen LogP contribution in [-0.2, 0) is 4.74 Å². The Hall–Kier alpha value is -4.91. The van der Waals surface area contributed by atoms with Crippen LogP contribution in [0.3, 0.4) is 0 Å². The summed E-state index contributed by atoms with van der Waals surface area (Å²) in [6, 6.07) is 9.78. The van der Waals surface area contributed by atoms with Crippen molar-refractivity contribution in [3.05, 3.63) is 65.9 Å². The normalized spacial score (nSPS) is 12.5. The van der Waals surface area contributed by atoms with Crippen LogP contribution in [0, 0.1) is 12.7 Å². The Morgan fingerprint density at radius 3 is 2.52 bits per heavy atom. The lowest BCUT2D eigenvalue weighted by Crippen LogP contribution is -2.32. The van der Waals surface area contributed by atoms with Crippen molar-refractivity contribution < 1.29 is 28.2 Å². The van der Waals surface area contributed by atoms with Crippen LogP contribution in [0.5, 0.6) is 11.6 Å². The van der Waals surface area contributed by atoms with Crippen LogP contribution in [0.2, 0.25) is 0 Å². The number of anilines is 1. The molecule has 0 bridgehead atoms. The molecule has 0 fully saturated rings. The van der Waals surface area contributed by atoms with Crippen molar-refractivity contribution in [2.45, 2.75) is 33.0 Å². The van der Waals surface area contributed by atoms with E-state index in [-0.39, 0.29) is 17.4 Å². The Kier molecular flexibility index (Phi) is 8.11. The number of hydrogen-bond acceptors (Lipinski definition) is 10. The number of thiazole rings is 1. The highest BCUT2D eigenvalue weighted by molar-refractivity contribution is 7.21. The predicted molar refractivity (Wildman–Crippen MR) is 157 cm³/mol. The first kappa shape index (κ1) is 28.6. The summed E-state index contributed by atoms with van der Waals surface area (Å²) in [4.78, 5) is 41.7. The highest BCUT2D eigenvalue weighted by atomic mass is 32.1. The molecular formula is C29H27FN6O5S. The number of ether oxygens (including phenoxy) is 3. The number of rotatable bonds is 8. The Labute approximate surface area is 244 Å². The molecule has 0 saturated carbocycles. The number of nitrogens with one attached hydrogen (secondary N) is 2. The molecule has 3 aromatic heterocycles. The second-order valence-electron chi connectivity index (χ2n) is 9.43. The van der Waals surface area contributed by atoms with Crippen LogP contribution in [0.1, 0.15) is 29.9 Å². The minimum atomic E-state index is -0.749. The van der Waals surface area contributed by atoms with Crippen LogP contribution in [0.4, 0.5) is 14.9 Å². The fraction of sp³-hybridized carbons (Fsp3) is 0.241. The van der Waals surface area contributed by atoms with Crippen LogP contribution >= 0.6 is 11.3 Å². The van der Waals surface area contributed by atoms with E-state index in [0.29, 0.717) is 37.8 Å². The number of methoxy groups -OCH3 is 1. The fourth-order valence-corrected chi connectivity index (χ4v) is 5.08. The molecule has 0 aliphatic rings. The number of benzene rings is 2. The van der Waals surface area contributed by atoms with Crippen molar-refractivity contribution in [3.63, 3.8) is 0 Å². The van der Waals surface area contributed by atoms with Crippen molar-refractivity contribution >= 4 is 50.3 Å². The summed E-state index contributed by atoms with van der Waals surface area (Å²) >= 11 is 1.38. The summed E-state index contributed by atoms with van der Waals surface area (Å²) in [6.45, 7) is 5.26. The summed E-state index contributed by atoms with van der Waals surface area (Å²) in [5, 5.41) is 5.67. The van der Waals surface area contributed by atoms with Gasteiger partial charge in [-0.25, -0.2) is 29.1 Å². The maximum atomic E-state index is 15.1. The average Bonchev–Trinajstić information content (AvgIpc) is 3.38. The van der Waals surface area contributed by atoms with Gasteiger partial charge in [0.15, 0.2) is 11.6 Å². The maximum Gasteiger partial charge on any atom is 0.412 e. The molecule has 0 unspecified atom stereocenters. The Bertz CT molecular complexity index is 1800. The number of carbonyl (C=O) groups is 2. The fourth-order valence-electron chi connectivity index (χ4n) is 4.08. The molecule has 5 aromatic rings. The molecule has 2 N–H and O–H groups in total. The summed E-state index contributed by atoms with van der Waals surface area (Å²) in [6.07, 6.45) is 0.721. The van der Waals surface area contributed by atoms with Gasteiger partial charge in [0.2, 0.25) is 5.88 Å². The molecule has 0 aliphatic heterocycles. The maximum absolute atomic E-state index is 15.1. The topological polar surface area (TPSA) is 137 Å². The second-order valence-corrected chi connectivity index (χ2v) is 10.5. The van der Waals surface area contributed by atoms with Gasteiger partial charge in [-0.3, -0.25) is 10.1 Å². The SMILES string of the molecule is CNC(=O)c1ccc(NC(=O)O[C@H](C)[C@H](C)Oc2cc3sc(-c4cc(C)cc5nc(OC)cnc45)nc3cc2F)cn1. The summed E-state index contributed by atoms with van der Waals surface area (Å²) in [5.41, 5.74) is 4.11. The van der Waals surface area contributed by atoms with Crippen LogP contribution in [0.25, 0.3) is 31.8 Å². The van der Waals surface area contributed by atoms with E-state index >= 15 is 4.39 Å². The van der Waals surface area contributed by atoms with Crippen molar-refractivity contribution in [2.75, 3.05) is 19.5 Å². The van der Waals surface area contributed by atoms with Crippen molar-refractivity contribution in [2.24, 2.45) is 0 Å². The molecule has 216 valence electrons. The van der Waals surface area contributed by atoms with E-state index in [0.717, 1.165) is 11.1 Å². The Balaban J connectivity index is 1.30. The minimum Gasteiger partial charge on any atom is -0.484 e.